The van der Waals surface area contributed by atoms with Crippen molar-refractivity contribution in [2.75, 3.05) is 6.61 Å². The summed E-state index contributed by atoms with van der Waals surface area (Å²) in [7, 11) is 0. The van der Waals surface area contributed by atoms with Gasteiger partial charge >= 0.3 is 5.97 Å². The van der Waals surface area contributed by atoms with Crippen LogP contribution in [0, 0.1) is 17.8 Å². The molecule has 2 rings (SSSR count). The van der Waals surface area contributed by atoms with Gasteiger partial charge in [-0.25, -0.2) is 0 Å². The van der Waals surface area contributed by atoms with Gasteiger partial charge in [0, 0.05) is 6.92 Å². The highest BCUT2D eigenvalue weighted by Gasteiger charge is 2.35. The van der Waals surface area contributed by atoms with Gasteiger partial charge in [0.1, 0.15) is 0 Å². The molecule has 0 aliphatic heterocycles. The number of carbonyl (C=O) groups is 1. The summed E-state index contributed by atoms with van der Waals surface area (Å²) in [6.45, 7) is 2.10. The number of hydrogen-bond donors (Lipinski definition) is 0. The van der Waals surface area contributed by atoms with Crippen LogP contribution in [-0.4, -0.2) is 12.6 Å². The summed E-state index contributed by atoms with van der Waals surface area (Å²) in [5.74, 6) is 1.91. The molecule has 2 aliphatic carbocycles. The van der Waals surface area contributed by atoms with E-state index in [0.29, 0.717) is 18.4 Å². The molecular formula is C10H14O2. The lowest BCUT2D eigenvalue weighted by molar-refractivity contribution is -0.142. The fourth-order valence-electron chi connectivity index (χ4n) is 2.31. The first kappa shape index (κ1) is 7.84. The molecule has 0 aromatic heterocycles. The SMILES string of the molecule is CC(=O)OCC1C[C@H]2C=C[C@@H]1C2. The second-order valence-corrected chi connectivity index (χ2v) is 3.84. The first-order valence-corrected chi connectivity index (χ1v) is 4.57. The van der Waals surface area contributed by atoms with Crippen molar-refractivity contribution < 1.29 is 9.53 Å². The second-order valence-electron chi connectivity index (χ2n) is 3.84. The molecule has 2 heteroatoms. The first-order chi connectivity index (χ1) is 5.75. The monoisotopic (exact) mass is 166 g/mol. The van der Waals surface area contributed by atoms with Crippen molar-refractivity contribution in [2.24, 2.45) is 17.8 Å². The number of carbonyl (C=O) groups excluding carboxylic acids is 1. The van der Waals surface area contributed by atoms with Crippen LogP contribution >= 0.6 is 0 Å². The quantitative estimate of drug-likeness (QED) is 0.461. The molecule has 66 valence electrons. The summed E-state index contributed by atoms with van der Waals surface area (Å²) in [6, 6.07) is 0. The Balaban J connectivity index is 1.83. The third-order valence-corrected chi connectivity index (χ3v) is 2.92. The van der Waals surface area contributed by atoms with E-state index in [1.165, 1.54) is 19.8 Å². The van der Waals surface area contributed by atoms with Gasteiger partial charge in [-0.2, -0.15) is 0 Å². The highest BCUT2D eigenvalue weighted by molar-refractivity contribution is 5.65. The molecular weight excluding hydrogens is 152 g/mol. The maximum Gasteiger partial charge on any atom is 0.302 e. The molecule has 0 saturated heterocycles. The van der Waals surface area contributed by atoms with Gasteiger partial charge in [0.25, 0.3) is 0 Å². The number of ether oxygens (including phenoxy) is 1. The maximum absolute atomic E-state index is 10.6. The van der Waals surface area contributed by atoms with Crippen LogP contribution in [0.1, 0.15) is 19.8 Å². The Labute approximate surface area is 72.6 Å². The smallest absolute Gasteiger partial charge is 0.302 e. The van der Waals surface area contributed by atoms with Gasteiger partial charge in [0.15, 0.2) is 0 Å². The van der Waals surface area contributed by atoms with Crippen LogP contribution in [0.5, 0.6) is 0 Å². The molecule has 12 heavy (non-hydrogen) atoms. The fourth-order valence-corrected chi connectivity index (χ4v) is 2.31. The first-order valence-electron chi connectivity index (χ1n) is 4.57. The van der Waals surface area contributed by atoms with E-state index in [9.17, 15) is 4.79 Å². The van der Waals surface area contributed by atoms with Gasteiger partial charge in [-0.05, 0) is 30.6 Å². The minimum absolute atomic E-state index is 0.151. The van der Waals surface area contributed by atoms with E-state index < -0.39 is 0 Å². The summed E-state index contributed by atoms with van der Waals surface area (Å²) in [4.78, 5) is 10.6. The molecule has 3 atom stereocenters. The van der Waals surface area contributed by atoms with Crippen molar-refractivity contribution in [2.45, 2.75) is 19.8 Å². The summed E-state index contributed by atoms with van der Waals surface area (Å²) >= 11 is 0. The van der Waals surface area contributed by atoms with E-state index in [4.69, 9.17) is 4.74 Å². The second kappa shape index (κ2) is 2.92. The van der Waals surface area contributed by atoms with E-state index >= 15 is 0 Å². The van der Waals surface area contributed by atoms with Gasteiger partial charge < -0.3 is 4.74 Å². The molecule has 0 aromatic rings. The van der Waals surface area contributed by atoms with E-state index in [0.717, 1.165) is 5.92 Å². The summed E-state index contributed by atoms with van der Waals surface area (Å²) in [5, 5.41) is 0. The lowest BCUT2D eigenvalue weighted by Crippen LogP contribution is -2.16. The largest absolute Gasteiger partial charge is 0.466 e. The average molecular weight is 166 g/mol. The molecule has 0 heterocycles. The topological polar surface area (TPSA) is 26.3 Å². The third-order valence-electron chi connectivity index (χ3n) is 2.92. The van der Waals surface area contributed by atoms with Crippen LogP contribution in [0.4, 0.5) is 0 Å². The summed E-state index contributed by atoms with van der Waals surface area (Å²) in [6.07, 6.45) is 7.08. The number of hydrogen-bond acceptors (Lipinski definition) is 2. The van der Waals surface area contributed by atoms with E-state index in [1.807, 2.05) is 0 Å². The Morgan fingerprint density at radius 2 is 2.33 bits per heavy atom. The van der Waals surface area contributed by atoms with Gasteiger partial charge in [-0.3, -0.25) is 4.79 Å². The molecule has 0 amide bonds. The zero-order valence-electron chi connectivity index (χ0n) is 7.32. The van der Waals surface area contributed by atoms with Crippen LogP contribution in [0.25, 0.3) is 0 Å². The fraction of sp³-hybridized carbons (Fsp3) is 0.700. The van der Waals surface area contributed by atoms with Crippen molar-refractivity contribution in [3.8, 4) is 0 Å². The molecule has 2 bridgehead atoms. The van der Waals surface area contributed by atoms with Crippen LogP contribution in [-0.2, 0) is 9.53 Å². The number of rotatable bonds is 2. The van der Waals surface area contributed by atoms with Crippen LogP contribution < -0.4 is 0 Å². The van der Waals surface area contributed by atoms with Crippen molar-refractivity contribution in [3.63, 3.8) is 0 Å². The molecule has 0 spiro atoms. The van der Waals surface area contributed by atoms with Crippen LogP contribution in [0.15, 0.2) is 12.2 Å². The van der Waals surface area contributed by atoms with E-state index in [1.54, 1.807) is 0 Å². The van der Waals surface area contributed by atoms with Crippen molar-refractivity contribution in [1.29, 1.82) is 0 Å². The van der Waals surface area contributed by atoms with E-state index in [2.05, 4.69) is 12.2 Å². The molecule has 1 saturated carbocycles. The molecule has 0 radical (unpaired) electrons. The van der Waals surface area contributed by atoms with Crippen LogP contribution in [0.2, 0.25) is 0 Å². The van der Waals surface area contributed by atoms with Gasteiger partial charge in [-0.1, -0.05) is 12.2 Å². The molecule has 0 N–H and O–H groups in total. The van der Waals surface area contributed by atoms with Gasteiger partial charge in [0.05, 0.1) is 6.61 Å². The molecule has 1 fully saturated rings. The standard InChI is InChI=1S/C10H14O2/c1-7(11)12-6-10-5-8-2-3-9(10)4-8/h2-3,8-10H,4-6H2,1H3/t8-,9+,10?/m0/s1. The molecule has 2 aliphatic rings. The van der Waals surface area contributed by atoms with Gasteiger partial charge in [0.2, 0.25) is 0 Å². The zero-order chi connectivity index (χ0) is 8.55. The summed E-state index contributed by atoms with van der Waals surface area (Å²) < 4.78 is 5.01. The van der Waals surface area contributed by atoms with Crippen molar-refractivity contribution in [3.05, 3.63) is 12.2 Å². The normalized spacial score (nSPS) is 37.2. The summed E-state index contributed by atoms with van der Waals surface area (Å²) in [5.41, 5.74) is 0. The predicted molar refractivity (Wildman–Crippen MR) is 45.5 cm³/mol. The molecule has 0 aromatic carbocycles. The Hall–Kier alpha value is -0.790. The minimum atomic E-state index is -0.151. The maximum atomic E-state index is 10.6. The number of esters is 1. The van der Waals surface area contributed by atoms with Crippen molar-refractivity contribution in [1.82, 2.24) is 0 Å². The molecule has 1 unspecified atom stereocenters. The third kappa shape index (κ3) is 1.38. The van der Waals surface area contributed by atoms with Crippen LogP contribution in [0.3, 0.4) is 0 Å². The Morgan fingerprint density at radius 1 is 1.50 bits per heavy atom. The number of fused-ring (bicyclic) bond motifs is 2. The molecule has 2 nitrogen and oxygen atoms in total. The Kier molecular flexibility index (Phi) is 1.91. The number of allylic oxidation sites excluding steroid dienone is 2. The van der Waals surface area contributed by atoms with Crippen molar-refractivity contribution >= 4 is 5.97 Å². The average Bonchev–Trinajstić information content (AvgIpc) is 2.60. The lowest BCUT2D eigenvalue weighted by atomic mass is 9.95. The Bertz CT molecular complexity index is 220. The zero-order valence-corrected chi connectivity index (χ0v) is 7.32. The highest BCUT2D eigenvalue weighted by Crippen LogP contribution is 2.43. The lowest BCUT2D eigenvalue weighted by Gasteiger charge is -2.16. The van der Waals surface area contributed by atoms with Gasteiger partial charge in [-0.15, -0.1) is 0 Å². The predicted octanol–water partition coefficient (Wildman–Crippen LogP) is 1.76. The van der Waals surface area contributed by atoms with E-state index in [-0.39, 0.29) is 5.97 Å². The Morgan fingerprint density at radius 3 is 2.83 bits per heavy atom. The minimum Gasteiger partial charge on any atom is -0.466 e. The highest BCUT2D eigenvalue weighted by atomic mass is 16.5.